The molecule has 0 aliphatic carbocycles. The Hall–Kier alpha value is -2.01. The van der Waals surface area contributed by atoms with Gasteiger partial charge in [-0.1, -0.05) is 60.1 Å². The van der Waals surface area contributed by atoms with Crippen LogP contribution in [0.25, 0.3) is 0 Å². The number of nitrogens with zero attached hydrogens (tertiary/aromatic N) is 1. The average Bonchev–Trinajstić information content (AvgIpc) is 3.23. The molecule has 0 bridgehead atoms. The maximum absolute atomic E-state index is 12.4. The number of carbonyl (C=O) groups is 1. The molecule has 0 saturated carbocycles. The highest BCUT2D eigenvalue weighted by atomic mass is 16.5. The Morgan fingerprint density at radius 1 is 1.22 bits per heavy atom. The number of benzene rings is 1. The fourth-order valence-corrected chi connectivity index (χ4v) is 4.26. The molecule has 1 aromatic carbocycles. The second kappa shape index (κ2) is 10.7. The van der Waals surface area contributed by atoms with Crippen LogP contribution in [-0.2, 0) is 21.4 Å². The Balaban J connectivity index is 2.34. The Morgan fingerprint density at radius 2 is 1.88 bits per heavy atom. The van der Waals surface area contributed by atoms with Gasteiger partial charge < -0.3 is 19.5 Å². The molecule has 1 aliphatic heterocycles. The van der Waals surface area contributed by atoms with E-state index in [-0.39, 0.29) is 23.3 Å². The fraction of sp³-hybridized carbons (Fsp3) is 0.667. The molecule has 0 spiro atoms. The van der Waals surface area contributed by atoms with E-state index in [2.05, 4.69) is 39.0 Å². The lowest BCUT2D eigenvalue weighted by Gasteiger charge is -2.35. The molecule has 180 valence electrons. The van der Waals surface area contributed by atoms with E-state index < -0.39 is 12.2 Å². The van der Waals surface area contributed by atoms with Crippen LogP contribution in [0.1, 0.15) is 78.4 Å². The first kappa shape index (κ1) is 26.2. The molecule has 5 heteroatoms. The van der Waals surface area contributed by atoms with Gasteiger partial charge in [-0.25, -0.2) is 0 Å². The van der Waals surface area contributed by atoms with Gasteiger partial charge in [0.25, 0.3) is 5.91 Å². The van der Waals surface area contributed by atoms with Gasteiger partial charge in [-0.15, -0.1) is 0 Å². The first-order valence-corrected chi connectivity index (χ1v) is 12.0. The largest absolute Gasteiger partial charge is 0.491 e. The Morgan fingerprint density at radius 3 is 2.41 bits per heavy atom. The first-order chi connectivity index (χ1) is 15.0. The third kappa shape index (κ3) is 5.67. The number of likely N-dealkylation sites (N-methyl/N-ethyl adjacent to an activating group) is 1. The van der Waals surface area contributed by atoms with Crippen molar-refractivity contribution in [1.82, 2.24) is 4.90 Å². The summed E-state index contributed by atoms with van der Waals surface area (Å²) in [5, 5.41) is 10.4. The third-order valence-electron chi connectivity index (χ3n) is 6.71. The highest BCUT2D eigenvalue weighted by Gasteiger charge is 2.40. The fourth-order valence-electron chi connectivity index (χ4n) is 4.26. The molecule has 0 radical (unpaired) electrons. The van der Waals surface area contributed by atoms with E-state index in [0.29, 0.717) is 6.42 Å². The number of hydrogen-bond acceptors (Lipinski definition) is 4. The number of aliphatic hydroxyl groups excluding tert-OH is 1. The third-order valence-corrected chi connectivity index (χ3v) is 6.71. The molecule has 1 amide bonds. The lowest BCUT2D eigenvalue weighted by Crippen LogP contribution is -2.35. The van der Waals surface area contributed by atoms with Gasteiger partial charge in [0.2, 0.25) is 0 Å². The van der Waals surface area contributed by atoms with E-state index >= 15 is 0 Å². The van der Waals surface area contributed by atoms with Crippen LogP contribution in [0.5, 0.6) is 5.75 Å². The van der Waals surface area contributed by atoms with Crippen LogP contribution in [0, 0.1) is 5.41 Å². The minimum Gasteiger partial charge on any atom is -0.491 e. The number of carbonyl (C=O) groups excluding carboxylic acids is 1. The van der Waals surface area contributed by atoms with Gasteiger partial charge in [0.15, 0.2) is 6.10 Å². The maximum atomic E-state index is 12.4. The Labute approximate surface area is 194 Å². The number of aliphatic hydroxyl groups is 1. The van der Waals surface area contributed by atoms with E-state index in [0.717, 1.165) is 42.8 Å². The monoisotopic (exact) mass is 445 g/mol. The van der Waals surface area contributed by atoms with Crippen molar-refractivity contribution in [2.45, 2.75) is 91.3 Å². The zero-order valence-electron chi connectivity index (χ0n) is 21.3. The van der Waals surface area contributed by atoms with Gasteiger partial charge >= 0.3 is 0 Å². The number of hydrogen-bond donors (Lipinski definition) is 1. The lowest BCUT2D eigenvalue weighted by molar-refractivity contribution is -0.138. The first-order valence-electron chi connectivity index (χ1n) is 12.0. The van der Waals surface area contributed by atoms with Gasteiger partial charge in [0.05, 0.1) is 11.5 Å². The predicted molar refractivity (Wildman–Crippen MR) is 130 cm³/mol. The molecule has 5 nitrogen and oxygen atoms in total. The zero-order chi connectivity index (χ0) is 24.1. The van der Waals surface area contributed by atoms with Crippen molar-refractivity contribution >= 4 is 5.91 Å². The van der Waals surface area contributed by atoms with Crippen molar-refractivity contribution in [1.29, 1.82) is 0 Å². The van der Waals surface area contributed by atoms with Gasteiger partial charge in [0.1, 0.15) is 18.1 Å². The van der Waals surface area contributed by atoms with Crippen LogP contribution in [0.3, 0.4) is 0 Å². The molecule has 1 N–H and O–H groups in total. The Kier molecular flexibility index (Phi) is 8.81. The van der Waals surface area contributed by atoms with Crippen molar-refractivity contribution in [2.75, 3.05) is 20.7 Å². The summed E-state index contributed by atoms with van der Waals surface area (Å²) in [6.07, 6.45) is 5.41. The van der Waals surface area contributed by atoms with Crippen molar-refractivity contribution in [3.63, 3.8) is 0 Å². The van der Waals surface area contributed by atoms with Crippen LogP contribution in [0.4, 0.5) is 0 Å². The van der Waals surface area contributed by atoms with Crippen molar-refractivity contribution < 1.29 is 19.4 Å². The molecule has 0 saturated heterocycles. The lowest BCUT2D eigenvalue weighted by atomic mass is 9.73. The summed E-state index contributed by atoms with van der Waals surface area (Å²) in [6, 6.07) is 6.39. The number of ether oxygens (including phenoxy) is 2. The molecule has 1 heterocycles. The van der Waals surface area contributed by atoms with Crippen molar-refractivity contribution in [2.24, 2.45) is 5.41 Å². The zero-order valence-corrected chi connectivity index (χ0v) is 21.3. The molecule has 0 fully saturated rings. The van der Waals surface area contributed by atoms with E-state index in [1.54, 1.807) is 19.0 Å². The summed E-state index contributed by atoms with van der Waals surface area (Å²) < 4.78 is 12.3. The van der Waals surface area contributed by atoms with Gasteiger partial charge in [-0.05, 0) is 47.9 Å². The second-order valence-electron chi connectivity index (χ2n) is 10.2. The highest BCUT2D eigenvalue weighted by molar-refractivity contribution is 5.81. The van der Waals surface area contributed by atoms with Crippen LogP contribution in [0.2, 0.25) is 0 Å². The van der Waals surface area contributed by atoms with Gasteiger partial charge in [-0.2, -0.15) is 0 Å². The SMILES string of the molecule is CCCc1cc(C(CC)(CC)C2=CCC(C(=O)N(C)C)O2)ccc1OCC(O)C(C)(C)C. The predicted octanol–water partition coefficient (Wildman–Crippen LogP) is 5.24. The summed E-state index contributed by atoms with van der Waals surface area (Å²) in [4.78, 5) is 14.0. The second-order valence-corrected chi connectivity index (χ2v) is 10.2. The van der Waals surface area contributed by atoms with E-state index in [1.807, 2.05) is 26.8 Å². The summed E-state index contributed by atoms with van der Waals surface area (Å²) in [7, 11) is 3.53. The van der Waals surface area contributed by atoms with Gasteiger partial charge in [-0.3, -0.25) is 4.79 Å². The van der Waals surface area contributed by atoms with Gasteiger partial charge in [0, 0.05) is 20.5 Å². The number of allylic oxidation sites excluding steroid dienone is 1. The van der Waals surface area contributed by atoms with Crippen LogP contribution >= 0.6 is 0 Å². The average molecular weight is 446 g/mol. The molecular weight excluding hydrogens is 402 g/mol. The van der Waals surface area contributed by atoms with E-state index in [4.69, 9.17) is 9.47 Å². The summed E-state index contributed by atoms with van der Waals surface area (Å²) in [6.45, 7) is 12.8. The number of aryl methyl sites for hydroxylation is 1. The number of amides is 1. The van der Waals surface area contributed by atoms with Crippen molar-refractivity contribution in [3.8, 4) is 5.75 Å². The van der Waals surface area contributed by atoms with E-state index in [1.165, 1.54) is 5.56 Å². The molecule has 0 aromatic heterocycles. The summed E-state index contributed by atoms with van der Waals surface area (Å²) >= 11 is 0. The molecular formula is C27H43NO4. The minimum atomic E-state index is -0.537. The smallest absolute Gasteiger partial charge is 0.263 e. The normalized spacial score (nSPS) is 17.5. The molecule has 2 atom stereocenters. The molecule has 2 rings (SSSR count). The molecule has 1 aliphatic rings. The summed E-state index contributed by atoms with van der Waals surface area (Å²) in [5.41, 5.74) is 1.85. The molecule has 2 unspecified atom stereocenters. The number of rotatable bonds is 10. The Bertz CT molecular complexity index is 802. The highest BCUT2D eigenvalue weighted by Crippen LogP contribution is 2.44. The topological polar surface area (TPSA) is 59.0 Å². The van der Waals surface area contributed by atoms with E-state index in [9.17, 15) is 9.90 Å². The molecule has 1 aromatic rings. The quantitative estimate of drug-likeness (QED) is 0.535. The minimum absolute atomic E-state index is 0.00480. The molecule has 32 heavy (non-hydrogen) atoms. The van der Waals surface area contributed by atoms with Crippen LogP contribution in [-0.4, -0.2) is 48.8 Å². The van der Waals surface area contributed by atoms with Crippen LogP contribution < -0.4 is 4.74 Å². The standard InChI is InChI=1S/C27H43NO4/c1-9-12-19-17-20(13-14-21(19)31-18-23(29)26(4,5)6)27(10-2,11-3)24-16-15-22(32-24)25(30)28(7)8/h13-14,16-17,22-23,29H,9-12,15,18H2,1-8H3. The van der Waals surface area contributed by atoms with Crippen LogP contribution in [0.15, 0.2) is 30.0 Å². The maximum Gasteiger partial charge on any atom is 0.263 e. The summed E-state index contributed by atoms with van der Waals surface area (Å²) in [5.74, 6) is 1.74. The van der Waals surface area contributed by atoms with Crippen molar-refractivity contribution in [3.05, 3.63) is 41.2 Å².